The van der Waals surface area contributed by atoms with Crippen molar-refractivity contribution in [2.45, 2.75) is 12.8 Å². The van der Waals surface area contributed by atoms with Crippen molar-refractivity contribution in [3.63, 3.8) is 0 Å². The molecular weight excluding hydrogens is 304 g/mol. The quantitative estimate of drug-likeness (QED) is 0.350. The summed E-state index contributed by atoms with van der Waals surface area (Å²) in [5, 5.41) is 21.2. The first-order chi connectivity index (χ1) is 11.7. The second-order valence-corrected chi connectivity index (χ2v) is 5.30. The van der Waals surface area contributed by atoms with Gasteiger partial charge in [0.25, 0.3) is 0 Å². The molecule has 0 aliphatic rings. The van der Waals surface area contributed by atoms with Crippen molar-refractivity contribution < 1.29 is 4.74 Å². The number of hydrogen-bond acceptors (Lipinski definition) is 5. The fourth-order valence-corrected chi connectivity index (χ4v) is 2.29. The highest BCUT2D eigenvalue weighted by Crippen LogP contribution is 2.23. The Morgan fingerprint density at radius 2 is 1.71 bits per heavy atom. The molecule has 7 heteroatoms. The maximum Gasteiger partial charge on any atom is 0.174 e. The number of nitrogens with two attached hydrogens (primary N) is 1. The Morgan fingerprint density at radius 3 is 2.29 bits per heavy atom. The normalized spacial score (nSPS) is 10.5. The molecule has 0 spiro atoms. The van der Waals surface area contributed by atoms with Crippen LogP contribution in [0.15, 0.2) is 48.5 Å². The molecule has 24 heavy (non-hydrogen) atoms. The van der Waals surface area contributed by atoms with Gasteiger partial charge in [0.05, 0.1) is 6.61 Å². The molecule has 0 aliphatic carbocycles. The molecule has 0 saturated carbocycles. The SMILES string of the molecule is N=C(N)c1ccc(-c2ccc(OCCCc3nn[nH]n3)cc2)cc1. The van der Waals surface area contributed by atoms with Gasteiger partial charge in [-0.2, -0.15) is 5.21 Å². The van der Waals surface area contributed by atoms with Crippen LogP contribution in [0.4, 0.5) is 0 Å². The minimum atomic E-state index is 0.0751. The van der Waals surface area contributed by atoms with Crippen molar-refractivity contribution in [1.82, 2.24) is 20.6 Å². The summed E-state index contributed by atoms with van der Waals surface area (Å²) in [5.41, 5.74) is 8.35. The monoisotopic (exact) mass is 322 g/mol. The van der Waals surface area contributed by atoms with Crippen LogP contribution in [-0.2, 0) is 6.42 Å². The lowest BCUT2D eigenvalue weighted by molar-refractivity contribution is 0.310. The number of aromatic amines is 1. The average molecular weight is 322 g/mol. The second-order valence-electron chi connectivity index (χ2n) is 5.30. The highest BCUT2D eigenvalue weighted by molar-refractivity contribution is 5.95. The van der Waals surface area contributed by atoms with Crippen LogP contribution in [0, 0.1) is 5.41 Å². The Bertz CT molecular complexity index is 781. The van der Waals surface area contributed by atoms with Crippen molar-refractivity contribution in [3.8, 4) is 16.9 Å². The molecule has 1 aromatic heterocycles. The zero-order chi connectivity index (χ0) is 16.8. The van der Waals surface area contributed by atoms with Crippen LogP contribution in [0.1, 0.15) is 17.8 Å². The number of aryl methyl sites for hydroxylation is 1. The Morgan fingerprint density at radius 1 is 1.04 bits per heavy atom. The van der Waals surface area contributed by atoms with Gasteiger partial charge < -0.3 is 10.5 Å². The van der Waals surface area contributed by atoms with Crippen molar-refractivity contribution in [2.75, 3.05) is 6.61 Å². The molecule has 122 valence electrons. The van der Waals surface area contributed by atoms with Gasteiger partial charge in [-0.25, -0.2) is 0 Å². The summed E-state index contributed by atoms with van der Waals surface area (Å²) < 4.78 is 5.71. The van der Waals surface area contributed by atoms with E-state index in [0.29, 0.717) is 12.4 Å². The van der Waals surface area contributed by atoms with Crippen molar-refractivity contribution in [3.05, 3.63) is 59.9 Å². The van der Waals surface area contributed by atoms with Gasteiger partial charge in [-0.1, -0.05) is 41.6 Å². The molecule has 0 amide bonds. The number of nitrogens with zero attached hydrogens (tertiary/aromatic N) is 3. The molecule has 0 saturated heterocycles. The number of H-pyrrole nitrogens is 1. The van der Waals surface area contributed by atoms with Crippen LogP contribution in [0.5, 0.6) is 5.75 Å². The van der Waals surface area contributed by atoms with E-state index >= 15 is 0 Å². The predicted molar refractivity (Wildman–Crippen MR) is 90.9 cm³/mol. The van der Waals surface area contributed by atoms with Crippen LogP contribution in [-0.4, -0.2) is 33.1 Å². The first-order valence-corrected chi connectivity index (χ1v) is 7.62. The summed E-state index contributed by atoms with van der Waals surface area (Å²) in [7, 11) is 0. The summed E-state index contributed by atoms with van der Waals surface area (Å²) in [4.78, 5) is 0. The molecule has 0 atom stereocenters. The third-order valence-electron chi connectivity index (χ3n) is 3.59. The molecule has 0 unspecified atom stereocenters. The van der Waals surface area contributed by atoms with E-state index in [9.17, 15) is 0 Å². The van der Waals surface area contributed by atoms with Gasteiger partial charge in [-0.15, -0.1) is 10.2 Å². The smallest absolute Gasteiger partial charge is 0.174 e. The number of rotatable bonds is 7. The third kappa shape index (κ3) is 3.95. The standard InChI is InChI=1S/C17H18N6O/c18-17(19)14-5-3-12(4-6-14)13-7-9-15(10-8-13)24-11-1-2-16-20-22-23-21-16/h3-10H,1-2,11H2,(H3,18,19)(H,20,21,22,23). The lowest BCUT2D eigenvalue weighted by Gasteiger charge is -2.07. The van der Waals surface area contributed by atoms with E-state index < -0.39 is 0 Å². The fourth-order valence-electron chi connectivity index (χ4n) is 2.29. The highest BCUT2D eigenvalue weighted by Gasteiger charge is 2.02. The Hall–Kier alpha value is -3.22. The lowest BCUT2D eigenvalue weighted by Crippen LogP contribution is -2.10. The third-order valence-corrected chi connectivity index (χ3v) is 3.59. The Labute approximate surface area is 139 Å². The molecule has 7 nitrogen and oxygen atoms in total. The first-order valence-electron chi connectivity index (χ1n) is 7.62. The molecule has 1 heterocycles. The maximum absolute atomic E-state index is 7.41. The summed E-state index contributed by atoms with van der Waals surface area (Å²) in [5.74, 6) is 1.60. The lowest BCUT2D eigenvalue weighted by atomic mass is 10.0. The van der Waals surface area contributed by atoms with E-state index in [-0.39, 0.29) is 5.84 Å². The van der Waals surface area contributed by atoms with Crippen LogP contribution in [0.2, 0.25) is 0 Å². The molecule has 0 bridgehead atoms. The van der Waals surface area contributed by atoms with E-state index in [0.717, 1.165) is 35.3 Å². The number of nitrogens with one attached hydrogen (secondary N) is 2. The van der Waals surface area contributed by atoms with E-state index in [2.05, 4.69) is 20.6 Å². The molecule has 0 aliphatic heterocycles. The van der Waals surface area contributed by atoms with Gasteiger partial charge in [0.1, 0.15) is 11.6 Å². The number of aromatic nitrogens is 4. The van der Waals surface area contributed by atoms with Gasteiger partial charge in [-0.3, -0.25) is 5.41 Å². The number of tetrazole rings is 1. The van der Waals surface area contributed by atoms with E-state index in [1.165, 1.54) is 0 Å². The van der Waals surface area contributed by atoms with E-state index in [4.69, 9.17) is 15.9 Å². The zero-order valence-electron chi connectivity index (χ0n) is 13.1. The molecule has 3 rings (SSSR count). The molecule has 3 aromatic rings. The largest absolute Gasteiger partial charge is 0.494 e. The van der Waals surface area contributed by atoms with Crippen LogP contribution in [0.25, 0.3) is 11.1 Å². The molecular formula is C17H18N6O. The van der Waals surface area contributed by atoms with Gasteiger partial charge in [0, 0.05) is 12.0 Å². The summed E-state index contributed by atoms with van der Waals surface area (Å²) in [6.07, 6.45) is 1.56. The van der Waals surface area contributed by atoms with E-state index in [1.807, 2.05) is 48.5 Å². The van der Waals surface area contributed by atoms with Gasteiger partial charge >= 0.3 is 0 Å². The number of nitrogen functional groups attached to an aromatic ring is 1. The predicted octanol–water partition coefficient (Wildman–Crippen LogP) is 2.16. The van der Waals surface area contributed by atoms with Crippen LogP contribution < -0.4 is 10.5 Å². The molecule has 0 radical (unpaired) electrons. The molecule has 0 fully saturated rings. The fraction of sp³-hybridized carbons (Fsp3) is 0.176. The summed E-state index contributed by atoms with van der Waals surface area (Å²) >= 11 is 0. The number of amidine groups is 1. The Kier molecular flexibility index (Phi) is 4.81. The van der Waals surface area contributed by atoms with E-state index in [1.54, 1.807) is 0 Å². The average Bonchev–Trinajstić information content (AvgIpc) is 3.13. The maximum atomic E-state index is 7.41. The van der Waals surface area contributed by atoms with Gasteiger partial charge in [0.2, 0.25) is 0 Å². The van der Waals surface area contributed by atoms with Gasteiger partial charge in [0.15, 0.2) is 5.82 Å². The van der Waals surface area contributed by atoms with Crippen molar-refractivity contribution in [1.29, 1.82) is 5.41 Å². The first kappa shape index (κ1) is 15.7. The topological polar surface area (TPSA) is 114 Å². The highest BCUT2D eigenvalue weighted by atomic mass is 16.5. The minimum Gasteiger partial charge on any atom is -0.494 e. The summed E-state index contributed by atoms with van der Waals surface area (Å²) in [6.45, 7) is 0.598. The zero-order valence-corrected chi connectivity index (χ0v) is 13.1. The second kappa shape index (κ2) is 7.36. The van der Waals surface area contributed by atoms with Crippen LogP contribution in [0.3, 0.4) is 0 Å². The number of hydrogen-bond donors (Lipinski definition) is 3. The Balaban J connectivity index is 1.53. The van der Waals surface area contributed by atoms with Gasteiger partial charge in [-0.05, 0) is 29.7 Å². The minimum absolute atomic E-state index is 0.0751. The van der Waals surface area contributed by atoms with Crippen molar-refractivity contribution in [2.24, 2.45) is 5.73 Å². The molecule has 2 aromatic carbocycles. The molecule has 4 N–H and O–H groups in total. The van der Waals surface area contributed by atoms with Crippen LogP contribution >= 0.6 is 0 Å². The number of benzene rings is 2. The summed E-state index contributed by atoms with van der Waals surface area (Å²) in [6, 6.07) is 15.5. The van der Waals surface area contributed by atoms with Crippen molar-refractivity contribution >= 4 is 5.84 Å². The number of ether oxygens (including phenoxy) is 1.